The molecule has 1 atom stereocenters. The molecular weight excluding hydrogens is 463 g/mol. The standard InChI is InChI=1S/C17H15Cl3N4O4S/c1-28-11-8-6-10(7-9-11)21-16(29)23-15(17(18,19)20)22-14(25)12-4-2-3-5-13(12)24(26)27/h2-9,15H,1H3,(H,22,25)(H2,21,23,29)/t15-/m1/s1. The number of rotatable bonds is 6. The normalized spacial score (nSPS) is 11.9. The van der Waals surface area contributed by atoms with Gasteiger partial charge in [-0.15, -0.1) is 0 Å². The van der Waals surface area contributed by atoms with Gasteiger partial charge in [-0.1, -0.05) is 46.9 Å². The smallest absolute Gasteiger partial charge is 0.282 e. The molecule has 154 valence electrons. The van der Waals surface area contributed by atoms with Gasteiger partial charge in [0.2, 0.25) is 3.79 Å². The van der Waals surface area contributed by atoms with Crippen LogP contribution in [0.1, 0.15) is 10.4 Å². The molecule has 3 N–H and O–H groups in total. The van der Waals surface area contributed by atoms with E-state index in [1.54, 1.807) is 31.4 Å². The van der Waals surface area contributed by atoms with Crippen LogP contribution < -0.4 is 20.7 Å². The van der Waals surface area contributed by atoms with E-state index in [9.17, 15) is 14.9 Å². The van der Waals surface area contributed by atoms with Crippen LogP contribution >= 0.6 is 47.0 Å². The number of nitro benzene ring substituents is 1. The molecule has 0 saturated carbocycles. The molecule has 2 aromatic carbocycles. The summed E-state index contributed by atoms with van der Waals surface area (Å²) in [4.78, 5) is 23.0. The number of hydrogen-bond donors (Lipinski definition) is 3. The third-order valence-corrected chi connectivity index (χ3v) is 4.45. The highest BCUT2D eigenvalue weighted by Crippen LogP contribution is 2.30. The van der Waals surface area contributed by atoms with E-state index in [-0.39, 0.29) is 16.4 Å². The number of methoxy groups -OCH3 is 1. The average molecular weight is 478 g/mol. The number of alkyl halides is 3. The molecule has 0 saturated heterocycles. The number of anilines is 1. The van der Waals surface area contributed by atoms with E-state index in [1.807, 2.05) is 0 Å². The number of thiocarbonyl (C=S) groups is 1. The van der Waals surface area contributed by atoms with Crippen LogP contribution in [0.15, 0.2) is 48.5 Å². The zero-order valence-corrected chi connectivity index (χ0v) is 17.9. The number of nitro groups is 1. The first-order chi connectivity index (χ1) is 13.6. The van der Waals surface area contributed by atoms with Crippen LogP contribution in [0.5, 0.6) is 5.75 Å². The van der Waals surface area contributed by atoms with Crippen molar-refractivity contribution in [3.05, 3.63) is 64.2 Å². The molecule has 2 rings (SSSR count). The Morgan fingerprint density at radius 2 is 1.76 bits per heavy atom. The van der Waals surface area contributed by atoms with Gasteiger partial charge in [0.15, 0.2) is 5.11 Å². The van der Waals surface area contributed by atoms with Gasteiger partial charge in [0.1, 0.15) is 17.5 Å². The highest BCUT2D eigenvalue weighted by Gasteiger charge is 2.36. The fraction of sp³-hybridized carbons (Fsp3) is 0.176. The summed E-state index contributed by atoms with van der Waals surface area (Å²) < 4.78 is 3.06. The van der Waals surface area contributed by atoms with Gasteiger partial charge < -0.3 is 20.7 Å². The van der Waals surface area contributed by atoms with Crippen molar-refractivity contribution in [2.75, 3.05) is 12.4 Å². The van der Waals surface area contributed by atoms with E-state index < -0.39 is 20.8 Å². The number of benzene rings is 2. The quantitative estimate of drug-likeness (QED) is 0.190. The fourth-order valence-electron chi connectivity index (χ4n) is 2.21. The predicted octanol–water partition coefficient (Wildman–Crippen LogP) is 4.02. The first-order valence-corrected chi connectivity index (χ1v) is 9.48. The summed E-state index contributed by atoms with van der Waals surface area (Å²) in [6.07, 6.45) is -1.28. The Balaban J connectivity index is 2.12. The number of nitrogens with zero attached hydrogens (tertiary/aromatic N) is 1. The number of halogens is 3. The molecule has 0 unspecified atom stereocenters. The first kappa shape index (κ1) is 23.0. The van der Waals surface area contributed by atoms with Crippen molar-refractivity contribution in [3.63, 3.8) is 0 Å². The van der Waals surface area contributed by atoms with E-state index in [1.165, 1.54) is 24.3 Å². The lowest BCUT2D eigenvalue weighted by Crippen LogP contribution is -2.56. The molecule has 29 heavy (non-hydrogen) atoms. The van der Waals surface area contributed by atoms with E-state index in [2.05, 4.69) is 16.0 Å². The molecule has 0 fully saturated rings. The number of amides is 1. The van der Waals surface area contributed by atoms with Crippen LogP contribution in [0.2, 0.25) is 0 Å². The summed E-state index contributed by atoms with van der Waals surface area (Å²) in [5, 5.41) is 19.1. The number of ether oxygens (including phenoxy) is 1. The molecule has 0 aliphatic rings. The van der Waals surface area contributed by atoms with E-state index >= 15 is 0 Å². The minimum absolute atomic E-state index is 0.0503. The summed E-state index contributed by atoms with van der Waals surface area (Å²) in [7, 11) is 1.54. The molecule has 0 aromatic heterocycles. The summed E-state index contributed by atoms with van der Waals surface area (Å²) in [5.74, 6) is -0.154. The average Bonchev–Trinajstić information content (AvgIpc) is 2.67. The van der Waals surface area contributed by atoms with Gasteiger partial charge in [-0.25, -0.2) is 0 Å². The van der Waals surface area contributed by atoms with Crippen LogP contribution in [-0.2, 0) is 0 Å². The molecule has 0 bridgehead atoms. The van der Waals surface area contributed by atoms with Crippen molar-refractivity contribution in [2.24, 2.45) is 0 Å². The third-order valence-electron chi connectivity index (χ3n) is 3.57. The second-order valence-electron chi connectivity index (χ2n) is 5.55. The van der Waals surface area contributed by atoms with Gasteiger partial charge in [0.25, 0.3) is 11.6 Å². The molecular formula is C17H15Cl3N4O4S. The molecule has 12 heteroatoms. The second-order valence-corrected chi connectivity index (χ2v) is 8.33. The minimum Gasteiger partial charge on any atom is -0.497 e. The van der Waals surface area contributed by atoms with Gasteiger partial charge in [0.05, 0.1) is 12.0 Å². The van der Waals surface area contributed by atoms with E-state index in [0.29, 0.717) is 11.4 Å². The predicted molar refractivity (Wildman–Crippen MR) is 117 cm³/mol. The van der Waals surface area contributed by atoms with Gasteiger partial charge >= 0.3 is 0 Å². The van der Waals surface area contributed by atoms with Gasteiger partial charge in [-0.3, -0.25) is 14.9 Å². The van der Waals surface area contributed by atoms with Gasteiger partial charge in [-0.2, -0.15) is 0 Å². The number of carbonyl (C=O) groups excluding carboxylic acids is 1. The monoisotopic (exact) mass is 476 g/mol. The molecule has 1 amide bonds. The van der Waals surface area contributed by atoms with Crippen LogP contribution in [0.3, 0.4) is 0 Å². The second kappa shape index (κ2) is 9.93. The van der Waals surface area contributed by atoms with Gasteiger partial charge in [-0.05, 0) is 42.5 Å². The third kappa shape index (κ3) is 6.60. The van der Waals surface area contributed by atoms with Crippen molar-refractivity contribution in [2.45, 2.75) is 9.96 Å². The number of hydrogen-bond acceptors (Lipinski definition) is 5. The van der Waals surface area contributed by atoms with Crippen molar-refractivity contribution in [1.29, 1.82) is 0 Å². The SMILES string of the molecule is COc1ccc(NC(=S)N[C@@H](NC(=O)c2ccccc2[N+](=O)[O-])C(Cl)(Cl)Cl)cc1. The molecule has 0 aliphatic carbocycles. The topological polar surface area (TPSA) is 106 Å². The summed E-state index contributed by atoms with van der Waals surface area (Å²) in [5.41, 5.74) is 0.0518. The minimum atomic E-state index is -2.01. The Bertz CT molecular complexity index is 906. The highest BCUT2D eigenvalue weighted by atomic mass is 35.6. The lowest BCUT2D eigenvalue weighted by molar-refractivity contribution is -0.385. The number of carbonyl (C=O) groups is 1. The molecule has 0 radical (unpaired) electrons. The lowest BCUT2D eigenvalue weighted by Gasteiger charge is -2.27. The van der Waals surface area contributed by atoms with Crippen LogP contribution in [0, 0.1) is 10.1 Å². The molecule has 0 spiro atoms. The maximum absolute atomic E-state index is 12.5. The van der Waals surface area contributed by atoms with Crippen LogP contribution in [0.4, 0.5) is 11.4 Å². The molecule has 8 nitrogen and oxygen atoms in total. The molecule has 2 aromatic rings. The zero-order valence-electron chi connectivity index (χ0n) is 14.8. The van der Waals surface area contributed by atoms with Crippen LogP contribution in [-0.4, -0.2) is 33.0 Å². The maximum Gasteiger partial charge on any atom is 0.282 e. The van der Waals surface area contributed by atoms with E-state index in [0.717, 1.165) is 0 Å². The van der Waals surface area contributed by atoms with Gasteiger partial charge in [0, 0.05) is 11.8 Å². The van der Waals surface area contributed by atoms with Crippen molar-refractivity contribution in [1.82, 2.24) is 10.6 Å². The first-order valence-electron chi connectivity index (χ1n) is 7.94. The molecule has 0 aliphatic heterocycles. The highest BCUT2D eigenvalue weighted by molar-refractivity contribution is 7.80. The maximum atomic E-state index is 12.5. The number of nitrogens with one attached hydrogen (secondary N) is 3. The van der Waals surface area contributed by atoms with Crippen LogP contribution in [0.25, 0.3) is 0 Å². The largest absolute Gasteiger partial charge is 0.497 e. The number of para-hydroxylation sites is 1. The van der Waals surface area contributed by atoms with Crippen molar-refractivity contribution in [3.8, 4) is 5.75 Å². The fourth-order valence-corrected chi connectivity index (χ4v) is 2.77. The zero-order chi connectivity index (χ0) is 21.6. The Kier molecular flexibility index (Phi) is 7.86. The van der Waals surface area contributed by atoms with Crippen molar-refractivity contribution >= 4 is 69.4 Å². The Labute approximate surface area is 186 Å². The van der Waals surface area contributed by atoms with Crippen molar-refractivity contribution < 1.29 is 14.5 Å². The Morgan fingerprint density at radius 1 is 1.14 bits per heavy atom. The summed E-state index contributed by atoms with van der Waals surface area (Å²) >= 11 is 23.0. The Morgan fingerprint density at radius 3 is 2.31 bits per heavy atom. The summed E-state index contributed by atoms with van der Waals surface area (Å²) in [6, 6.07) is 12.3. The Hall–Kier alpha value is -2.33. The lowest BCUT2D eigenvalue weighted by atomic mass is 10.1. The van der Waals surface area contributed by atoms with E-state index in [4.69, 9.17) is 51.8 Å². The summed E-state index contributed by atoms with van der Waals surface area (Å²) in [6.45, 7) is 0. The molecule has 0 heterocycles.